The van der Waals surface area contributed by atoms with Gasteiger partial charge in [-0.2, -0.15) is 0 Å². The maximum Gasteiger partial charge on any atom is 0.0704 e. The molecule has 19 heavy (non-hydrogen) atoms. The zero-order valence-corrected chi connectivity index (χ0v) is 14.3. The third-order valence-electron chi connectivity index (χ3n) is 3.50. The van der Waals surface area contributed by atoms with Crippen LogP contribution >= 0.6 is 27.3 Å². The van der Waals surface area contributed by atoms with Crippen LogP contribution in [0.3, 0.4) is 0 Å². The first-order valence-electron chi connectivity index (χ1n) is 7.30. The summed E-state index contributed by atoms with van der Waals surface area (Å²) in [6, 6.07) is 2.87. The summed E-state index contributed by atoms with van der Waals surface area (Å²) in [6.45, 7) is 6.17. The van der Waals surface area contributed by atoms with Gasteiger partial charge >= 0.3 is 0 Å². The number of nitrogens with one attached hydrogen (secondary N) is 1. The lowest BCUT2D eigenvalue weighted by atomic mass is 9.94. The molecular weight excluding hydrogens is 322 g/mol. The van der Waals surface area contributed by atoms with E-state index in [9.17, 15) is 0 Å². The van der Waals surface area contributed by atoms with Gasteiger partial charge in [0.2, 0.25) is 0 Å². The fourth-order valence-corrected chi connectivity index (χ4v) is 4.38. The van der Waals surface area contributed by atoms with Crippen LogP contribution in [0.15, 0.2) is 9.85 Å². The Morgan fingerprint density at radius 1 is 1.47 bits per heavy atom. The molecule has 4 heteroatoms. The van der Waals surface area contributed by atoms with Gasteiger partial charge in [-0.25, -0.2) is 0 Å². The maximum atomic E-state index is 5.56. The molecule has 2 rings (SSSR count). The Labute approximate surface area is 129 Å². The van der Waals surface area contributed by atoms with E-state index >= 15 is 0 Å². The molecule has 1 aliphatic rings. The van der Waals surface area contributed by atoms with E-state index < -0.39 is 0 Å². The van der Waals surface area contributed by atoms with E-state index in [1.165, 1.54) is 35.0 Å². The van der Waals surface area contributed by atoms with E-state index in [0.29, 0.717) is 12.1 Å². The average Bonchev–Trinajstić information content (AvgIpc) is 2.74. The molecule has 0 bridgehead atoms. The molecule has 1 aromatic heterocycles. The lowest BCUT2D eigenvalue weighted by Gasteiger charge is -2.23. The Morgan fingerprint density at radius 3 is 3.11 bits per heavy atom. The molecule has 0 radical (unpaired) electrons. The van der Waals surface area contributed by atoms with Gasteiger partial charge < -0.3 is 10.1 Å². The van der Waals surface area contributed by atoms with Crippen molar-refractivity contribution in [2.75, 3.05) is 13.2 Å². The fraction of sp³-hybridized carbons (Fsp3) is 0.733. The highest BCUT2D eigenvalue weighted by Gasteiger charge is 2.21. The summed E-state index contributed by atoms with van der Waals surface area (Å²) in [5.41, 5.74) is 1.53. The fourth-order valence-electron chi connectivity index (χ4n) is 2.56. The van der Waals surface area contributed by atoms with Crippen LogP contribution in [0.1, 0.15) is 56.0 Å². The molecule has 0 aromatic carbocycles. The first-order chi connectivity index (χ1) is 9.16. The van der Waals surface area contributed by atoms with Crippen LogP contribution in [0.4, 0.5) is 0 Å². The molecule has 1 heterocycles. The minimum Gasteiger partial charge on any atom is -0.379 e. The van der Waals surface area contributed by atoms with Crippen molar-refractivity contribution in [1.82, 2.24) is 5.32 Å². The smallest absolute Gasteiger partial charge is 0.0704 e. The van der Waals surface area contributed by atoms with Crippen molar-refractivity contribution in [1.29, 1.82) is 0 Å². The Hall–Kier alpha value is 0.100. The predicted molar refractivity (Wildman–Crippen MR) is 86.0 cm³/mol. The number of halogens is 1. The van der Waals surface area contributed by atoms with Gasteiger partial charge in [0, 0.05) is 17.5 Å². The van der Waals surface area contributed by atoms with Crippen molar-refractivity contribution in [3.63, 3.8) is 0 Å². The Bertz CT molecular complexity index is 391. The Balaban J connectivity index is 1.69. The Kier molecular flexibility index (Phi) is 6.33. The number of hydrogen-bond donors (Lipinski definition) is 1. The standard InChI is InChI=1S/C15H24BrNOS/c1-11(2)18-9-4-3-8-17-13-6-5-7-14-12(13)10-15(16)19-14/h10-11,13,17H,3-9H2,1-2H3. The number of unbranched alkanes of at least 4 members (excludes halogenated alkanes) is 1. The largest absolute Gasteiger partial charge is 0.379 e. The van der Waals surface area contributed by atoms with Gasteiger partial charge in [-0.3, -0.25) is 0 Å². The van der Waals surface area contributed by atoms with Crippen molar-refractivity contribution >= 4 is 27.3 Å². The number of hydrogen-bond acceptors (Lipinski definition) is 3. The van der Waals surface area contributed by atoms with Crippen LogP contribution in [-0.2, 0) is 11.2 Å². The number of fused-ring (bicyclic) bond motifs is 1. The molecule has 0 saturated carbocycles. The van der Waals surface area contributed by atoms with E-state index in [1.54, 1.807) is 4.88 Å². The molecule has 1 aliphatic carbocycles. The Morgan fingerprint density at radius 2 is 2.32 bits per heavy atom. The number of thiophene rings is 1. The lowest BCUT2D eigenvalue weighted by Crippen LogP contribution is -2.25. The van der Waals surface area contributed by atoms with Crippen LogP contribution in [0, 0.1) is 0 Å². The van der Waals surface area contributed by atoms with Crippen molar-refractivity contribution in [2.45, 2.75) is 58.1 Å². The molecule has 1 unspecified atom stereocenters. The van der Waals surface area contributed by atoms with Gasteiger partial charge in [0.25, 0.3) is 0 Å². The van der Waals surface area contributed by atoms with Crippen LogP contribution < -0.4 is 5.32 Å². The second-order valence-electron chi connectivity index (χ2n) is 5.45. The molecule has 1 aromatic rings. The van der Waals surface area contributed by atoms with Crippen molar-refractivity contribution in [2.24, 2.45) is 0 Å². The second kappa shape index (κ2) is 7.77. The summed E-state index contributed by atoms with van der Waals surface area (Å²) in [5, 5.41) is 3.71. The summed E-state index contributed by atoms with van der Waals surface area (Å²) in [4.78, 5) is 1.57. The molecular formula is C15H24BrNOS. The first-order valence-corrected chi connectivity index (χ1v) is 8.91. The SMILES string of the molecule is CC(C)OCCCCNC1CCCc2sc(Br)cc21. The third-order valence-corrected chi connectivity index (χ3v) is 5.21. The molecule has 108 valence electrons. The van der Waals surface area contributed by atoms with Gasteiger partial charge in [0.1, 0.15) is 0 Å². The molecule has 1 atom stereocenters. The average molecular weight is 346 g/mol. The second-order valence-corrected chi connectivity index (χ2v) is 7.97. The highest BCUT2D eigenvalue weighted by Crippen LogP contribution is 2.37. The lowest BCUT2D eigenvalue weighted by molar-refractivity contribution is 0.0759. The zero-order chi connectivity index (χ0) is 13.7. The van der Waals surface area contributed by atoms with E-state index in [4.69, 9.17) is 4.74 Å². The minimum absolute atomic E-state index is 0.358. The molecule has 2 nitrogen and oxygen atoms in total. The number of aryl methyl sites for hydroxylation is 1. The molecule has 0 spiro atoms. The highest BCUT2D eigenvalue weighted by molar-refractivity contribution is 9.11. The molecule has 0 amide bonds. The van der Waals surface area contributed by atoms with E-state index in [2.05, 4.69) is 41.2 Å². The van der Waals surface area contributed by atoms with Crippen LogP contribution in [0.2, 0.25) is 0 Å². The summed E-state index contributed by atoms with van der Waals surface area (Å²) in [5.74, 6) is 0. The minimum atomic E-state index is 0.358. The normalized spacial score (nSPS) is 18.8. The summed E-state index contributed by atoms with van der Waals surface area (Å²) in [6.07, 6.45) is 6.55. The van der Waals surface area contributed by atoms with Gasteiger partial charge in [-0.15, -0.1) is 11.3 Å². The highest BCUT2D eigenvalue weighted by atomic mass is 79.9. The van der Waals surface area contributed by atoms with Crippen LogP contribution in [0.25, 0.3) is 0 Å². The van der Waals surface area contributed by atoms with Crippen LogP contribution in [0.5, 0.6) is 0 Å². The molecule has 1 N–H and O–H groups in total. The number of ether oxygens (including phenoxy) is 1. The monoisotopic (exact) mass is 345 g/mol. The predicted octanol–water partition coefficient (Wildman–Crippen LogP) is 4.68. The summed E-state index contributed by atoms with van der Waals surface area (Å²) in [7, 11) is 0. The van der Waals surface area contributed by atoms with E-state index in [1.807, 2.05) is 11.3 Å². The third kappa shape index (κ3) is 4.85. The summed E-state index contributed by atoms with van der Waals surface area (Å²) < 4.78 is 6.84. The molecule has 0 fully saturated rings. The van der Waals surface area contributed by atoms with Crippen molar-refractivity contribution < 1.29 is 4.74 Å². The van der Waals surface area contributed by atoms with E-state index in [0.717, 1.165) is 19.6 Å². The maximum absolute atomic E-state index is 5.56. The topological polar surface area (TPSA) is 21.3 Å². The first kappa shape index (κ1) is 15.5. The van der Waals surface area contributed by atoms with Gasteiger partial charge in [-0.05, 0) is 80.1 Å². The number of rotatable bonds is 7. The van der Waals surface area contributed by atoms with Gasteiger partial charge in [-0.1, -0.05) is 0 Å². The van der Waals surface area contributed by atoms with Crippen LogP contribution in [-0.4, -0.2) is 19.3 Å². The van der Waals surface area contributed by atoms with Gasteiger partial charge in [0.05, 0.1) is 9.89 Å². The van der Waals surface area contributed by atoms with Crippen molar-refractivity contribution in [3.05, 3.63) is 20.3 Å². The zero-order valence-electron chi connectivity index (χ0n) is 11.9. The van der Waals surface area contributed by atoms with Gasteiger partial charge in [0.15, 0.2) is 0 Å². The van der Waals surface area contributed by atoms with Crippen molar-refractivity contribution in [3.8, 4) is 0 Å². The molecule has 0 aliphatic heterocycles. The molecule has 0 saturated heterocycles. The quantitative estimate of drug-likeness (QED) is 0.724. The van der Waals surface area contributed by atoms with E-state index in [-0.39, 0.29) is 0 Å². The summed E-state index contributed by atoms with van der Waals surface area (Å²) >= 11 is 5.51.